The Balaban J connectivity index is 2.26. The zero-order valence-electron chi connectivity index (χ0n) is 10.3. The van der Waals surface area contributed by atoms with Gasteiger partial charge in [0.25, 0.3) is 0 Å². The molecule has 0 aromatic heterocycles. The smallest absolute Gasteiger partial charge is 0.124 e. The highest BCUT2D eigenvalue weighted by Gasteiger charge is 2.14. The van der Waals surface area contributed by atoms with Crippen LogP contribution in [0.25, 0.3) is 0 Å². The van der Waals surface area contributed by atoms with Gasteiger partial charge in [0.1, 0.15) is 5.82 Å². The Morgan fingerprint density at radius 3 is 2.50 bits per heavy atom. The average Bonchev–Trinajstić information content (AvgIpc) is 2.41. The molecular weight excluding hydrogens is 410 g/mol. The van der Waals surface area contributed by atoms with Crippen molar-refractivity contribution >= 4 is 43.5 Å². The van der Waals surface area contributed by atoms with E-state index in [4.69, 9.17) is 17.4 Å². The molecule has 2 aromatic rings. The highest BCUT2D eigenvalue weighted by Crippen LogP contribution is 2.29. The summed E-state index contributed by atoms with van der Waals surface area (Å²) < 4.78 is 14.7. The lowest BCUT2D eigenvalue weighted by atomic mass is 9.99. The first kappa shape index (κ1) is 15.9. The van der Waals surface area contributed by atoms with Crippen molar-refractivity contribution in [2.45, 2.75) is 12.5 Å². The molecule has 1 unspecified atom stereocenters. The normalized spacial score (nSPS) is 12.4. The third-order valence-corrected chi connectivity index (χ3v) is 4.96. The lowest BCUT2D eigenvalue weighted by molar-refractivity contribution is 0.549. The van der Waals surface area contributed by atoms with Gasteiger partial charge in [0.05, 0.1) is 11.1 Å². The number of hydrogen-bond acceptors (Lipinski definition) is 2. The van der Waals surface area contributed by atoms with Crippen LogP contribution in [0.5, 0.6) is 0 Å². The summed E-state index contributed by atoms with van der Waals surface area (Å²) in [4.78, 5) is 0. The van der Waals surface area contributed by atoms with E-state index in [-0.39, 0.29) is 11.9 Å². The lowest BCUT2D eigenvalue weighted by Crippen LogP contribution is -2.29. The van der Waals surface area contributed by atoms with Crippen LogP contribution in [0, 0.1) is 5.82 Å². The van der Waals surface area contributed by atoms with Crippen LogP contribution in [0.1, 0.15) is 17.2 Å². The van der Waals surface area contributed by atoms with Gasteiger partial charge < -0.3 is 0 Å². The minimum absolute atomic E-state index is 0.109. The van der Waals surface area contributed by atoms with Gasteiger partial charge in [-0.1, -0.05) is 39.7 Å². The molecule has 0 radical (unpaired) electrons. The van der Waals surface area contributed by atoms with Crippen molar-refractivity contribution in [3.8, 4) is 0 Å². The molecule has 0 bridgehead atoms. The van der Waals surface area contributed by atoms with Gasteiger partial charge in [-0.05, 0) is 57.7 Å². The van der Waals surface area contributed by atoms with E-state index in [1.165, 1.54) is 12.1 Å². The van der Waals surface area contributed by atoms with Gasteiger partial charge in [-0.15, -0.1) is 0 Å². The molecular formula is C14H12Br2ClFN2. The summed E-state index contributed by atoms with van der Waals surface area (Å²) in [5, 5.41) is 0.626. The number of benzene rings is 2. The zero-order chi connectivity index (χ0) is 14.7. The van der Waals surface area contributed by atoms with Crippen LogP contribution >= 0.6 is 43.5 Å². The monoisotopic (exact) mass is 420 g/mol. The lowest BCUT2D eigenvalue weighted by Gasteiger charge is -2.18. The van der Waals surface area contributed by atoms with Crippen LogP contribution < -0.4 is 11.3 Å². The predicted octanol–water partition coefficient (Wildman–Crippen LogP) is 4.75. The first-order valence-corrected chi connectivity index (χ1v) is 7.82. The van der Waals surface area contributed by atoms with Gasteiger partial charge in [0.15, 0.2) is 0 Å². The van der Waals surface area contributed by atoms with E-state index >= 15 is 0 Å². The van der Waals surface area contributed by atoms with Crippen molar-refractivity contribution in [2.75, 3.05) is 0 Å². The maximum absolute atomic E-state index is 13.1. The third kappa shape index (κ3) is 3.80. The van der Waals surface area contributed by atoms with Crippen LogP contribution in [0.15, 0.2) is 45.3 Å². The van der Waals surface area contributed by atoms with Gasteiger partial charge in [-0.25, -0.2) is 4.39 Å². The van der Waals surface area contributed by atoms with Gasteiger partial charge >= 0.3 is 0 Å². The Labute approximate surface area is 138 Å². The molecule has 0 spiro atoms. The highest BCUT2D eigenvalue weighted by molar-refractivity contribution is 9.10. The minimum Gasteiger partial charge on any atom is -0.271 e. The first-order chi connectivity index (χ1) is 9.51. The molecule has 0 saturated carbocycles. The SMILES string of the molecule is NNC(Cc1ccc(F)cc1Br)c1ccc(Br)c(Cl)c1. The van der Waals surface area contributed by atoms with Crippen LogP contribution in [0.4, 0.5) is 4.39 Å². The topological polar surface area (TPSA) is 38.0 Å². The summed E-state index contributed by atoms with van der Waals surface area (Å²) in [7, 11) is 0. The summed E-state index contributed by atoms with van der Waals surface area (Å²) in [5.74, 6) is 5.35. The summed E-state index contributed by atoms with van der Waals surface area (Å²) in [6.45, 7) is 0. The van der Waals surface area contributed by atoms with E-state index in [9.17, 15) is 4.39 Å². The van der Waals surface area contributed by atoms with Crippen molar-refractivity contribution in [3.05, 3.63) is 67.3 Å². The molecule has 2 aromatic carbocycles. The van der Waals surface area contributed by atoms with E-state index in [0.29, 0.717) is 11.4 Å². The molecule has 0 saturated heterocycles. The average molecular weight is 423 g/mol. The van der Waals surface area contributed by atoms with Crippen LogP contribution in [0.2, 0.25) is 5.02 Å². The second-order valence-corrected chi connectivity index (χ2v) is 6.45. The number of nitrogens with two attached hydrogens (primary N) is 1. The minimum atomic E-state index is -0.274. The quantitative estimate of drug-likeness (QED) is 0.551. The highest BCUT2D eigenvalue weighted by atomic mass is 79.9. The molecule has 106 valence electrons. The molecule has 2 nitrogen and oxygen atoms in total. The van der Waals surface area contributed by atoms with Crippen molar-refractivity contribution in [2.24, 2.45) is 5.84 Å². The molecule has 3 N–H and O–H groups in total. The summed E-state index contributed by atoms with van der Waals surface area (Å²) in [6, 6.07) is 10.2. The molecule has 0 fully saturated rings. The molecule has 0 amide bonds. The Kier molecular flexibility index (Phi) is 5.57. The Morgan fingerprint density at radius 1 is 1.15 bits per heavy atom. The van der Waals surface area contributed by atoms with E-state index in [1.807, 2.05) is 18.2 Å². The fourth-order valence-electron chi connectivity index (χ4n) is 1.91. The van der Waals surface area contributed by atoms with Crippen molar-refractivity contribution in [1.82, 2.24) is 5.43 Å². The maximum Gasteiger partial charge on any atom is 0.124 e. The summed E-state index contributed by atoms with van der Waals surface area (Å²) in [6.07, 6.45) is 0.620. The molecule has 0 aliphatic carbocycles. The van der Waals surface area contributed by atoms with Crippen molar-refractivity contribution in [1.29, 1.82) is 0 Å². The number of halogens is 4. The zero-order valence-corrected chi connectivity index (χ0v) is 14.3. The van der Waals surface area contributed by atoms with Crippen LogP contribution in [-0.2, 0) is 6.42 Å². The van der Waals surface area contributed by atoms with Crippen LogP contribution in [0.3, 0.4) is 0 Å². The first-order valence-electron chi connectivity index (χ1n) is 5.86. The van der Waals surface area contributed by atoms with Gasteiger partial charge in [0, 0.05) is 8.95 Å². The van der Waals surface area contributed by atoms with E-state index in [2.05, 4.69) is 37.3 Å². The fourth-order valence-corrected chi connectivity index (χ4v) is 2.86. The molecule has 0 heterocycles. The number of nitrogens with one attached hydrogen (secondary N) is 1. The second-order valence-electron chi connectivity index (χ2n) is 4.33. The standard InChI is InChI=1S/C14H12Br2ClFN2/c15-11-4-2-9(5-13(11)17)14(20-19)6-8-1-3-10(18)7-12(8)16/h1-5,7,14,20H,6,19H2. The maximum atomic E-state index is 13.1. The van der Waals surface area contributed by atoms with Gasteiger partial charge in [0.2, 0.25) is 0 Å². The predicted molar refractivity (Wildman–Crippen MR) is 87.0 cm³/mol. The molecule has 0 aliphatic rings. The van der Waals surface area contributed by atoms with E-state index in [0.717, 1.165) is 20.1 Å². The fraction of sp³-hybridized carbons (Fsp3) is 0.143. The molecule has 2 rings (SSSR count). The molecule has 6 heteroatoms. The molecule has 1 atom stereocenters. The van der Waals surface area contributed by atoms with Gasteiger partial charge in [-0.2, -0.15) is 0 Å². The van der Waals surface area contributed by atoms with Crippen molar-refractivity contribution in [3.63, 3.8) is 0 Å². The van der Waals surface area contributed by atoms with Crippen LogP contribution in [-0.4, -0.2) is 0 Å². The summed E-state index contributed by atoms with van der Waals surface area (Å²) in [5.41, 5.74) is 4.70. The number of rotatable bonds is 4. The number of hydrazine groups is 1. The summed E-state index contributed by atoms with van der Waals surface area (Å²) >= 11 is 12.8. The number of hydrogen-bond donors (Lipinski definition) is 2. The third-order valence-electron chi connectivity index (χ3n) is 2.99. The molecule has 0 aliphatic heterocycles. The Hall–Kier alpha value is -0.460. The molecule has 20 heavy (non-hydrogen) atoms. The van der Waals surface area contributed by atoms with Crippen molar-refractivity contribution < 1.29 is 4.39 Å². The second kappa shape index (κ2) is 7.00. The van der Waals surface area contributed by atoms with E-state index in [1.54, 1.807) is 6.07 Å². The Morgan fingerprint density at radius 2 is 1.90 bits per heavy atom. The van der Waals surface area contributed by atoms with E-state index < -0.39 is 0 Å². The largest absolute Gasteiger partial charge is 0.271 e. The van der Waals surface area contributed by atoms with Gasteiger partial charge in [-0.3, -0.25) is 11.3 Å². The Bertz CT molecular complexity index is 622.